The van der Waals surface area contributed by atoms with E-state index in [0.717, 1.165) is 0 Å². The van der Waals surface area contributed by atoms with Crippen molar-refractivity contribution >= 4 is 19.7 Å². The van der Waals surface area contributed by atoms with E-state index in [9.17, 15) is 16.8 Å². The van der Waals surface area contributed by atoms with Crippen molar-refractivity contribution in [1.29, 1.82) is 0 Å². The summed E-state index contributed by atoms with van der Waals surface area (Å²) in [5.74, 6) is 0.142. The zero-order chi connectivity index (χ0) is 18.1. The molecule has 2 heterocycles. The Kier molecular flexibility index (Phi) is 5.38. The third-order valence-corrected chi connectivity index (χ3v) is 8.78. The molecule has 0 N–H and O–H groups in total. The van der Waals surface area contributed by atoms with Crippen LogP contribution in [0.2, 0.25) is 0 Å². The van der Waals surface area contributed by atoms with Crippen molar-refractivity contribution in [3.63, 3.8) is 0 Å². The molecule has 0 saturated carbocycles. The van der Waals surface area contributed by atoms with Crippen molar-refractivity contribution < 1.29 is 26.3 Å². The summed E-state index contributed by atoms with van der Waals surface area (Å²) in [6.45, 7) is 4.43. The minimum absolute atomic E-state index is 0.117. The van der Waals surface area contributed by atoms with E-state index in [0.29, 0.717) is 38.7 Å². The van der Waals surface area contributed by atoms with Gasteiger partial charge in [-0.3, -0.25) is 4.90 Å². The highest BCUT2D eigenvalue weighted by Gasteiger charge is 2.48. The Bertz CT molecular complexity index is 798. The van der Waals surface area contributed by atoms with Crippen molar-refractivity contribution in [1.82, 2.24) is 4.90 Å². The van der Waals surface area contributed by atoms with Gasteiger partial charge in [0.15, 0.2) is 19.7 Å². The van der Waals surface area contributed by atoms with Gasteiger partial charge in [0, 0.05) is 19.1 Å². The third kappa shape index (κ3) is 3.99. The summed E-state index contributed by atoms with van der Waals surface area (Å²) >= 11 is 0. The van der Waals surface area contributed by atoms with Gasteiger partial charge in [0.2, 0.25) is 0 Å². The van der Waals surface area contributed by atoms with Crippen LogP contribution in [0.3, 0.4) is 0 Å². The smallest absolute Gasteiger partial charge is 0.183 e. The topological polar surface area (TPSA) is 90.0 Å². The summed E-state index contributed by atoms with van der Waals surface area (Å²) in [4.78, 5) is 2.07. The van der Waals surface area contributed by atoms with Gasteiger partial charge in [-0.25, -0.2) is 16.8 Å². The van der Waals surface area contributed by atoms with Gasteiger partial charge in [0.1, 0.15) is 5.75 Å². The number of nitrogens with zero attached hydrogens (tertiary/aromatic N) is 1. The molecule has 140 valence electrons. The largest absolute Gasteiger partial charge is 0.494 e. The average Bonchev–Trinajstić information content (AvgIpc) is 2.93. The lowest BCUT2D eigenvalue weighted by Crippen LogP contribution is -2.50. The molecule has 7 nitrogen and oxygen atoms in total. The maximum Gasteiger partial charge on any atom is 0.183 e. The van der Waals surface area contributed by atoms with E-state index in [2.05, 4.69) is 0 Å². The van der Waals surface area contributed by atoms with Gasteiger partial charge in [-0.15, -0.1) is 0 Å². The van der Waals surface area contributed by atoms with Crippen LogP contribution in [0.4, 0.5) is 0 Å². The molecule has 0 aliphatic carbocycles. The molecule has 0 aromatic heterocycles. The first kappa shape index (κ1) is 18.6. The molecule has 0 bridgehead atoms. The van der Waals surface area contributed by atoms with E-state index >= 15 is 0 Å². The molecular formula is C16H23NO6S2. The van der Waals surface area contributed by atoms with Crippen LogP contribution < -0.4 is 4.74 Å². The Balaban J connectivity index is 1.90. The SMILES string of the molecule is CCOc1ccc(S(=O)(=O)[C@H]2CS(=O)(=O)C[C@@H]2N2CCOCC2)cc1. The van der Waals surface area contributed by atoms with Gasteiger partial charge in [-0.05, 0) is 31.2 Å². The minimum atomic E-state index is -3.76. The molecule has 3 rings (SSSR count). The highest BCUT2D eigenvalue weighted by Crippen LogP contribution is 2.30. The Hall–Kier alpha value is -1.16. The summed E-state index contributed by atoms with van der Waals surface area (Å²) in [5.41, 5.74) is 0. The first-order valence-corrected chi connectivity index (χ1v) is 11.7. The molecule has 0 radical (unpaired) electrons. The lowest BCUT2D eigenvalue weighted by atomic mass is 10.2. The zero-order valence-corrected chi connectivity index (χ0v) is 15.8. The van der Waals surface area contributed by atoms with Crippen LogP contribution in [0.25, 0.3) is 0 Å². The van der Waals surface area contributed by atoms with Crippen molar-refractivity contribution in [2.24, 2.45) is 0 Å². The summed E-state index contributed by atoms with van der Waals surface area (Å²) in [6, 6.07) is 5.65. The molecule has 1 aromatic carbocycles. The molecule has 25 heavy (non-hydrogen) atoms. The van der Waals surface area contributed by atoms with Crippen LogP contribution in [-0.4, -0.2) is 77.4 Å². The summed E-state index contributed by atoms with van der Waals surface area (Å²) in [6.07, 6.45) is 0. The maximum atomic E-state index is 13.1. The second-order valence-corrected chi connectivity index (χ2v) is 10.6. The van der Waals surface area contributed by atoms with Crippen molar-refractivity contribution in [2.75, 3.05) is 44.4 Å². The number of rotatable bonds is 5. The molecule has 0 spiro atoms. The van der Waals surface area contributed by atoms with Crippen molar-refractivity contribution in [3.05, 3.63) is 24.3 Å². The number of hydrogen-bond acceptors (Lipinski definition) is 7. The number of hydrogen-bond donors (Lipinski definition) is 0. The highest BCUT2D eigenvalue weighted by atomic mass is 32.2. The maximum absolute atomic E-state index is 13.1. The van der Waals surface area contributed by atoms with E-state index in [1.54, 1.807) is 12.1 Å². The average molecular weight is 389 g/mol. The van der Waals surface area contributed by atoms with E-state index < -0.39 is 31.0 Å². The standard InChI is InChI=1S/C16H23NO6S2/c1-2-23-13-3-5-14(6-4-13)25(20,21)16-12-24(18,19)11-15(16)17-7-9-22-10-8-17/h3-6,15-16H,2,7-12H2,1H3/t15-,16-/m0/s1. The normalized spacial score (nSPS) is 27.2. The number of benzene rings is 1. The number of morpholine rings is 1. The molecule has 2 fully saturated rings. The first-order valence-electron chi connectivity index (χ1n) is 8.32. The van der Waals surface area contributed by atoms with Crippen LogP contribution >= 0.6 is 0 Å². The first-order chi connectivity index (χ1) is 11.8. The number of sulfone groups is 2. The van der Waals surface area contributed by atoms with E-state index in [1.807, 2.05) is 11.8 Å². The van der Waals surface area contributed by atoms with Gasteiger partial charge < -0.3 is 9.47 Å². The summed E-state index contributed by atoms with van der Waals surface area (Å²) < 4.78 is 61.1. The second kappa shape index (κ2) is 7.22. The monoisotopic (exact) mass is 389 g/mol. The Morgan fingerprint density at radius 2 is 1.80 bits per heavy atom. The molecule has 0 unspecified atom stereocenters. The fourth-order valence-electron chi connectivity index (χ4n) is 3.41. The van der Waals surface area contributed by atoms with Gasteiger partial charge in [0.05, 0.1) is 41.5 Å². The molecule has 0 amide bonds. The van der Waals surface area contributed by atoms with Crippen molar-refractivity contribution in [2.45, 2.75) is 23.1 Å². The number of ether oxygens (including phenoxy) is 2. The zero-order valence-electron chi connectivity index (χ0n) is 14.1. The van der Waals surface area contributed by atoms with Gasteiger partial charge in [-0.1, -0.05) is 0 Å². The second-order valence-electron chi connectivity index (χ2n) is 6.28. The van der Waals surface area contributed by atoms with Crippen molar-refractivity contribution in [3.8, 4) is 5.75 Å². The lowest BCUT2D eigenvalue weighted by Gasteiger charge is -2.34. The van der Waals surface area contributed by atoms with Crippen LogP contribution in [0.5, 0.6) is 5.75 Å². The Morgan fingerprint density at radius 3 is 2.40 bits per heavy atom. The summed E-state index contributed by atoms with van der Waals surface area (Å²) in [5, 5.41) is -0.950. The van der Waals surface area contributed by atoms with E-state index in [1.165, 1.54) is 12.1 Å². The molecule has 2 aliphatic rings. The lowest BCUT2D eigenvalue weighted by molar-refractivity contribution is 0.0222. The minimum Gasteiger partial charge on any atom is -0.494 e. The third-order valence-electron chi connectivity index (χ3n) is 4.65. The van der Waals surface area contributed by atoms with Crippen LogP contribution in [0, 0.1) is 0 Å². The van der Waals surface area contributed by atoms with Gasteiger partial charge >= 0.3 is 0 Å². The van der Waals surface area contributed by atoms with Crippen LogP contribution in [0.1, 0.15) is 6.92 Å². The molecule has 2 atom stereocenters. The fraction of sp³-hybridized carbons (Fsp3) is 0.625. The fourth-order valence-corrected chi connectivity index (χ4v) is 8.24. The molecule has 9 heteroatoms. The highest BCUT2D eigenvalue weighted by molar-refractivity contribution is 7.96. The van der Waals surface area contributed by atoms with Gasteiger partial charge in [0.25, 0.3) is 0 Å². The van der Waals surface area contributed by atoms with E-state index in [-0.39, 0.29) is 16.4 Å². The predicted octanol–water partition coefficient (Wildman–Crippen LogP) is 0.357. The van der Waals surface area contributed by atoms with Gasteiger partial charge in [-0.2, -0.15) is 0 Å². The summed E-state index contributed by atoms with van der Waals surface area (Å²) in [7, 11) is -7.15. The quantitative estimate of drug-likeness (QED) is 0.718. The van der Waals surface area contributed by atoms with Crippen LogP contribution in [-0.2, 0) is 24.4 Å². The molecule has 2 saturated heterocycles. The Morgan fingerprint density at radius 1 is 1.16 bits per heavy atom. The molecular weight excluding hydrogens is 366 g/mol. The van der Waals surface area contributed by atoms with Crippen LogP contribution in [0.15, 0.2) is 29.2 Å². The predicted molar refractivity (Wildman–Crippen MR) is 93.4 cm³/mol. The Labute approximate surface area is 148 Å². The molecule has 1 aromatic rings. The van der Waals surface area contributed by atoms with E-state index in [4.69, 9.17) is 9.47 Å². The molecule has 2 aliphatic heterocycles.